The van der Waals surface area contributed by atoms with Crippen LogP contribution in [0.5, 0.6) is 11.6 Å². The van der Waals surface area contributed by atoms with Crippen LogP contribution in [0.4, 0.5) is 0 Å². The van der Waals surface area contributed by atoms with E-state index in [1.54, 1.807) is 19.5 Å². The summed E-state index contributed by atoms with van der Waals surface area (Å²) in [6.07, 6.45) is 9.83. The summed E-state index contributed by atoms with van der Waals surface area (Å²) in [7, 11) is 1.74. The second-order valence-electron chi connectivity index (χ2n) is 7.69. The molecule has 1 aliphatic rings. The third kappa shape index (κ3) is 4.02. The van der Waals surface area contributed by atoms with Gasteiger partial charge in [-0.2, -0.15) is 0 Å². The number of allylic oxidation sites excluding steroid dienone is 1. The minimum Gasteiger partial charge on any atom is -0.496 e. The number of ether oxygens (including phenoxy) is 2. The van der Waals surface area contributed by atoms with E-state index in [9.17, 15) is 0 Å². The van der Waals surface area contributed by atoms with Gasteiger partial charge in [-0.05, 0) is 42.9 Å². The van der Waals surface area contributed by atoms with Gasteiger partial charge < -0.3 is 9.47 Å². The predicted molar refractivity (Wildman–Crippen MR) is 116 cm³/mol. The molecule has 0 spiro atoms. The fourth-order valence-corrected chi connectivity index (χ4v) is 3.58. The van der Waals surface area contributed by atoms with Gasteiger partial charge in [0, 0.05) is 29.1 Å². The minimum absolute atomic E-state index is 0.158. The van der Waals surface area contributed by atoms with E-state index in [-0.39, 0.29) is 5.41 Å². The lowest BCUT2D eigenvalue weighted by atomic mass is 9.91. The van der Waals surface area contributed by atoms with Gasteiger partial charge >= 0.3 is 0 Å². The molecule has 29 heavy (non-hydrogen) atoms. The van der Waals surface area contributed by atoms with Gasteiger partial charge in [-0.1, -0.05) is 49.4 Å². The first kappa shape index (κ1) is 19.2. The summed E-state index contributed by atoms with van der Waals surface area (Å²) in [4.78, 5) is 9.07. The summed E-state index contributed by atoms with van der Waals surface area (Å²) < 4.78 is 11.9. The normalized spacial score (nSPS) is 14.7. The molecule has 148 valence electrons. The average molecular weight is 386 g/mol. The van der Waals surface area contributed by atoms with E-state index in [1.807, 2.05) is 43.3 Å². The van der Waals surface area contributed by atoms with Gasteiger partial charge in [-0.15, -0.1) is 0 Å². The van der Waals surface area contributed by atoms with Crippen LogP contribution in [0.1, 0.15) is 43.4 Å². The van der Waals surface area contributed by atoms with Crippen molar-refractivity contribution >= 4 is 6.08 Å². The van der Waals surface area contributed by atoms with Crippen molar-refractivity contribution in [2.24, 2.45) is 0 Å². The third-order valence-corrected chi connectivity index (χ3v) is 5.47. The number of aromatic nitrogens is 2. The largest absolute Gasteiger partial charge is 0.496 e. The zero-order valence-electron chi connectivity index (χ0n) is 17.2. The Morgan fingerprint density at radius 3 is 2.52 bits per heavy atom. The van der Waals surface area contributed by atoms with E-state index in [0.717, 1.165) is 28.1 Å². The Morgan fingerprint density at radius 2 is 1.83 bits per heavy atom. The summed E-state index contributed by atoms with van der Waals surface area (Å²) in [5.74, 6) is 1.49. The van der Waals surface area contributed by atoms with E-state index in [4.69, 9.17) is 9.47 Å². The smallest absolute Gasteiger partial charge is 0.240 e. The Morgan fingerprint density at radius 1 is 1.07 bits per heavy atom. The van der Waals surface area contributed by atoms with E-state index < -0.39 is 0 Å². The van der Waals surface area contributed by atoms with Gasteiger partial charge in [-0.3, -0.25) is 0 Å². The molecule has 0 amide bonds. The fourth-order valence-electron chi connectivity index (χ4n) is 3.58. The Balaban J connectivity index is 1.76. The Labute approximate surface area is 172 Å². The van der Waals surface area contributed by atoms with Crippen molar-refractivity contribution in [1.82, 2.24) is 9.97 Å². The molecule has 1 fully saturated rings. The topological polar surface area (TPSA) is 44.2 Å². The van der Waals surface area contributed by atoms with Crippen molar-refractivity contribution in [3.63, 3.8) is 0 Å². The molecule has 0 unspecified atom stereocenters. The van der Waals surface area contributed by atoms with Crippen LogP contribution >= 0.6 is 0 Å². The number of hydrogen-bond acceptors (Lipinski definition) is 4. The monoisotopic (exact) mass is 386 g/mol. The van der Waals surface area contributed by atoms with Crippen LogP contribution in [0, 0.1) is 0 Å². The molecule has 0 bridgehead atoms. The standard InChI is InChI=1S/C25H26N2O2/c1-4-8-19-15-20(16-21(23(19)28-3)25(2)11-12-25)22-24(27-14-13-26-22)29-17-18-9-6-5-7-10-18/h4-10,13-16H,11-12,17H2,1-3H3. The lowest BCUT2D eigenvalue weighted by Crippen LogP contribution is -2.06. The highest BCUT2D eigenvalue weighted by atomic mass is 16.5. The number of nitrogens with zero attached hydrogens (tertiary/aromatic N) is 2. The van der Waals surface area contributed by atoms with Crippen LogP contribution in [-0.4, -0.2) is 17.1 Å². The highest BCUT2D eigenvalue weighted by Crippen LogP contribution is 2.52. The van der Waals surface area contributed by atoms with Crippen LogP contribution in [0.2, 0.25) is 0 Å². The summed E-state index contributed by atoms with van der Waals surface area (Å²) in [5, 5.41) is 0. The Hall–Kier alpha value is -3.14. The van der Waals surface area contributed by atoms with Gasteiger partial charge in [0.2, 0.25) is 5.88 Å². The van der Waals surface area contributed by atoms with Gasteiger partial charge in [0.15, 0.2) is 0 Å². The zero-order valence-corrected chi connectivity index (χ0v) is 17.2. The fraction of sp³-hybridized carbons (Fsp3) is 0.280. The minimum atomic E-state index is 0.158. The molecule has 0 saturated heterocycles. The van der Waals surface area contributed by atoms with Crippen molar-refractivity contribution in [2.45, 2.75) is 38.7 Å². The molecule has 4 rings (SSSR count). The molecule has 0 aliphatic heterocycles. The molecule has 4 heteroatoms. The molecule has 1 aliphatic carbocycles. The molecule has 0 atom stereocenters. The first-order chi connectivity index (χ1) is 14.1. The summed E-state index contributed by atoms with van der Waals surface area (Å²) in [5.41, 5.74) is 5.28. The molecule has 2 aromatic carbocycles. The van der Waals surface area contributed by atoms with Gasteiger partial charge in [0.05, 0.1) is 7.11 Å². The maximum Gasteiger partial charge on any atom is 0.240 e. The van der Waals surface area contributed by atoms with Crippen LogP contribution in [0.3, 0.4) is 0 Å². The first-order valence-corrected chi connectivity index (χ1v) is 9.98. The van der Waals surface area contributed by atoms with E-state index in [1.165, 1.54) is 18.4 Å². The summed E-state index contributed by atoms with van der Waals surface area (Å²) >= 11 is 0. The zero-order chi connectivity index (χ0) is 20.3. The van der Waals surface area contributed by atoms with Crippen molar-refractivity contribution in [2.75, 3.05) is 7.11 Å². The predicted octanol–water partition coefficient (Wildman–Crippen LogP) is 5.82. The van der Waals surface area contributed by atoms with Crippen molar-refractivity contribution in [3.05, 3.63) is 77.6 Å². The summed E-state index contributed by atoms with van der Waals surface area (Å²) in [6, 6.07) is 14.4. The maximum atomic E-state index is 6.05. The second kappa shape index (κ2) is 8.08. The number of benzene rings is 2. The lowest BCUT2D eigenvalue weighted by Gasteiger charge is -2.19. The first-order valence-electron chi connectivity index (χ1n) is 9.98. The van der Waals surface area contributed by atoms with Crippen molar-refractivity contribution in [1.29, 1.82) is 0 Å². The highest BCUT2D eigenvalue weighted by molar-refractivity contribution is 5.74. The SMILES string of the molecule is CC=Cc1cc(-c2nccnc2OCc2ccccc2)cc(C2(C)CC2)c1OC. The van der Waals surface area contributed by atoms with Crippen molar-refractivity contribution in [3.8, 4) is 22.9 Å². The van der Waals surface area contributed by atoms with Crippen LogP contribution < -0.4 is 9.47 Å². The average Bonchev–Trinajstić information content (AvgIpc) is 3.51. The second-order valence-corrected chi connectivity index (χ2v) is 7.69. The molecule has 0 N–H and O–H groups in total. The lowest BCUT2D eigenvalue weighted by molar-refractivity contribution is 0.294. The highest BCUT2D eigenvalue weighted by Gasteiger charge is 2.42. The van der Waals surface area contributed by atoms with Gasteiger partial charge in [0.1, 0.15) is 18.1 Å². The molecule has 1 aromatic heterocycles. The molecule has 3 aromatic rings. The molecular weight excluding hydrogens is 360 g/mol. The summed E-state index contributed by atoms with van der Waals surface area (Å²) in [6.45, 7) is 4.76. The van der Waals surface area contributed by atoms with E-state index >= 15 is 0 Å². The van der Waals surface area contributed by atoms with E-state index in [0.29, 0.717) is 12.5 Å². The molecule has 4 nitrogen and oxygen atoms in total. The molecule has 1 saturated carbocycles. The molecular formula is C25H26N2O2. The van der Waals surface area contributed by atoms with Crippen molar-refractivity contribution < 1.29 is 9.47 Å². The molecule has 1 heterocycles. The quantitative estimate of drug-likeness (QED) is 0.513. The number of hydrogen-bond donors (Lipinski definition) is 0. The van der Waals surface area contributed by atoms with Crippen LogP contribution in [0.25, 0.3) is 17.3 Å². The van der Waals surface area contributed by atoms with E-state index in [2.05, 4.69) is 35.1 Å². The maximum absolute atomic E-state index is 6.05. The van der Waals surface area contributed by atoms with Gasteiger partial charge in [-0.25, -0.2) is 9.97 Å². The number of rotatable bonds is 7. The Kier molecular flexibility index (Phi) is 5.34. The molecule has 0 radical (unpaired) electrons. The number of methoxy groups -OCH3 is 1. The van der Waals surface area contributed by atoms with Crippen LogP contribution in [-0.2, 0) is 12.0 Å². The van der Waals surface area contributed by atoms with Gasteiger partial charge in [0.25, 0.3) is 0 Å². The Bertz CT molecular complexity index is 1020. The third-order valence-electron chi connectivity index (χ3n) is 5.47. The van der Waals surface area contributed by atoms with Crippen LogP contribution in [0.15, 0.2) is 60.9 Å².